The molecule has 0 fully saturated rings. The molecule has 2 nitrogen and oxygen atoms in total. The molecule has 0 saturated heterocycles. The molecule has 0 amide bonds. The zero-order chi connectivity index (χ0) is 15.1. The van der Waals surface area contributed by atoms with Gasteiger partial charge in [0.15, 0.2) is 0 Å². The van der Waals surface area contributed by atoms with Crippen LogP contribution in [-0.2, 0) is 0 Å². The van der Waals surface area contributed by atoms with Gasteiger partial charge in [-0.2, -0.15) is 0 Å². The highest BCUT2D eigenvalue weighted by molar-refractivity contribution is 6.42. The lowest BCUT2D eigenvalue weighted by atomic mass is 10.0. The molecule has 0 spiro atoms. The first-order chi connectivity index (χ1) is 10.2. The second-order valence-corrected chi connectivity index (χ2v) is 5.70. The Kier molecular flexibility index (Phi) is 6.37. The van der Waals surface area contributed by atoms with Crippen molar-refractivity contribution in [3.8, 4) is 0 Å². The van der Waals surface area contributed by atoms with Crippen molar-refractivity contribution in [2.45, 2.75) is 19.4 Å². The average Bonchev–Trinajstić information content (AvgIpc) is 2.52. The Labute approximate surface area is 136 Å². The van der Waals surface area contributed by atoms with Crippen LogP contribution in [0.25, 0.3) is 0 Å². The third kappa shape index (κ3) is 4.92. The Hall–Kier alpha value is -1.22. The molecule has 2 N–H and O–H groups in total. The van der Waals surface area contributed by atoms with Crippen LogP contribution >= 0.6 is 23.2 Å². The van der Waals surface area contributed by atoms with E-state index < -0.39 is 0 Å². The Balaban J connectivity index is 1.79. The van der Waals surface area contributed by atoms with Gasteiger partial charge >= 0.3 is 0 Å². The fraction of sp³-hybridized carbons (Fsp3) is 0.294. The van der Waals surface area contributed by atoms with Crippen molar-refractivity contribution < 1.29 is 0 Å². The van der Waals surface area contributed by atoms with E-state index >= 15 is 0 Å². The lowest BCUT2D eigenvalue weighted by Crippen LogP contribution is -2.26. The van der Waals surface area contributed by atoms with Crippen molar-refractivity contribution in [1.29, 1.82) is 0 Å². The molecule has 4 heteroatoms. The molecular weight excluding hydrogens is 303 g/mol. The highest BCUT2D eigenvalue weighted by Gasteiger charge is 2.07. The number of benzene rings is 2. The van der Waals surface area contributed by atoms with Crippen molar-refractivity contribution in [2.75, 3.05) is 18.4 Å². The van der Waals surface area contributed by atoms with E-state index in [1.54, 1.807) is 6.07 Å². The number of rotatable bonds is 7. The van der Waals surface area contributed by atoms with Gasteiger partial charge in [-0.05, 0) is 30.2 Å². The Morgan fingerprint density at radius 1 is 0.952 bits per heavy atom. The van der Waals surface area contributed by atoms with Crippen LogP contribution in [0.3, 0.4) is 0 Å². The van der Waals surface area contributed by atoms with Crippen molar-refractivity contribution in [1.82, 2.24) is 5.32 Å². The molecule has 112 valence electrons. The molecule has 1 atom stereocenters. The molecule has 0 aromatic heterocycles. The van der Waals surface area contributed by atoms with Crippen LogP contribution in [0.4, 0.5) is 5.69 Å². The highest BCUT2D eigenvalue weighted by atomic mass is 35.5. The van der Waals surface area contributed by atoms with Gasteiger partial charge in [0.25, 0.3) is 0 Å². The van der Waals surface area contributed by atoms with E-state index in [0.717, 1.165) is 25.2 Å². The summed E-state index contributed by atoms with van der Waals surface area (Å²) in [6, 6.07) is 16.5. The average molecular weight is 323 g/mol. The van der Waals surface area contributed by atoms with Crippen LogP contribution in [-0.4, -0.2) is 13.1 Å². The molecule has 1 unspecified atom stereocenters. The SMILES string of the molecule is CCC(NCCNc1ccc(Cl)c(Cl)c1)c1ccccc1. The van der Waals surface area contributed by atoms with Gasteiger partial charge in [-0.15, -0.1) is 0 Å². The van der Waals surface area contributed by atoms with Crippen LogP contribution in [0.5, 0.6) is 0 Å². The number of hydrogen-bond acceptors (Lipinski definition) is 2. The standard InChI is InChI=1S/C17H20Cl2N2/c1-2-17(13-6-4-3-5-7-13)21-11-10-20-14-8-9-15(18)16(19)12-14/h3-9,12,17,20-21H,2,10-11H2,1H3. The monoisotopic (exact) mass is 322 g/mol. The maximum atomic E-state index is 5.99. The normalized spacial score (nSPS) is 12.1. The number of nitrogens with one attached hydrogen (secondary N) is 2. The molecule has 0 bridgehead atoms. The highest BCUT2D eigenvalue weighted by Crippen LogP contribution is 2.24. The smallest absolute Gasteiger partial charge is 0.0612 e. The predicted molar refractivity (Wildman–Crippen MR) is 92.4 cm³/mol. The van der Waals surface area contributed by atoms with Crippen LogP contribution in [0.1, 0.15) is 24.9 Å². The van der Waals surface area contributed by atoms with Gasteiger partial charge in [0.1, 0.15) is 0 Å². The van der Waals surface area contributed by atoms with E-state index in [1.165, 1.54) is 5.56 Å². The van der Waals surface area contributed by atoms with Gasteiger partial charge in [-0.3, -0.25) is 0 Å². The molecule has 0 aliphatic heterocycles. The number of halogens is 2. The summed E-state index contributed by atoms with van der Waals surface area (Å²) in [5, 5.41) is 8.05. The molecule has 0 aliphatic rings. The van der Waals surface area contributed by atoms with E-state index in [9.17, 15) is 0 Å². The van der Waals surface area contributed by atoms with Gasteiger partial charge in [0, 0.05) is 24.8 Å². The van der Waals surface area contributed by atoms with Gasteiger partial charge in [0.2, 0.25) is 0 Å². The summed E-state index contributed by atoms with van der Waals surface area (Å²) in [4.78, 5) is 0. The Morgan fingerprint density at radius 2 is 1.71 bits per heavy atom. The van der Waals surface area contributed by atoms with E-state index in [-0.39, 0.29) is 0 Å². The minimum absolute atomic E-state index is 0.391. The summed E-state index contributed by atoms with van der Waals surface area (Å²) in [5.41, 5.74) is 2.31. The summed E-state index contributed by atoms with van der Waals surface area (Å²) >= 11 is 11.9. The van der Waals surface area contributed by atoms with Crippen LogP contribution in [0, 0.1) is 0 Å². The predicted octanol–water partition coefficient (Wildman–Crippen LogP) is 5.15. The van der Waals surface area contributed by atoms with Crippen LogP contribution in [0.15, 0.2) is 48.5 Å². The summed E-state index contributed by atoms with van der Waals surface area (Å²) in [5.74, 6) is 0. The van der Waals surface area contributed by atoms with Crippen molar-refractivity contribution >= 4 is 28.9 Å². The van der Waals surface area contributed by atoms with Gasteiger partial charge in [-0.25, -0.2) is 0 Å². The van der Waals surface area contributed by atoms with E-state index in [1.807, 2.05) is 18.2 Å². The number of anilines is 1. The maximum absolute atomic E-state index is 5.99. The van der Waals surface area contributed by atoms with Crippen LogP contribution in [0.2, 0.25) is 10.0 Å². The summed E-state index contributed by atoms with van der Waals surface area (Å²) in [6.45, 7) is 3.91. The van der Waals surface area contributed by atoms with Crippen molar-refractivity contribution in [3.63, 3.8) is 0 Å². The van der Waals surface area contributed by atoms with Gasteiger partial charge in [0.05, 0.1) is 10.0 Å². The second kappa shape index (κ2) is 8.28. The summed E-state index contributed by atoms with van der Waals surface area (Å²) in [6.07, 6.45) is 1.07. The summed E-state index contributed by atoms with van der Waals surface area (Å²) in [7, 11) is 0. The largest absolute Gasteiger partial charge is 0.384 e. The third-order valence-corrected chi connectivity index (χ3v) is 4.11. The molecule has 0 heterocycles. The zero-order valence-corrected chi connectivity index (χ0v) is 13.6. The maximum Gasteiger partial charge on any atom is 0.0612 e. The van der Waals surface area contributed by atoms with Gasteiger partial charge < -0.3 is 10.6 Å². The van der Waals surface area contributed by atoms with Crippen LogP contribution < -0.4 is 10.6 Å². The molecule has 0 aliphatic carbocycles. The number of hydrogen-bond donors (Lipinski definition) is 2. The Morgan fingerprint density at radius 3 is 2.38 bits per heavy atom. The first-order valence-corrected chi connectivity index (χ1v) is 7.93. The molecule has 0 saturated carbocycles. The fourth-order valence-corrected chi connectivity index (χ4v) is 2.54. The third-order valence-electron chi connectivity index (χ3n) is 3.37. The lowest BCUT2D eigenvalue weighted by Gasteiger charge is -2.18. The molecule has 0 radical (unpaired) electrons. The first-order valence-electron chi connectivity index (χ1n) is 7.18. The molecule has 2 aromatic carbocycles. The van der Waals surface area contributed by atoms with Crippen molar-refractivity contribution in [3.05, 3.63) is 64.1 Å². The minimum Gasteiger partial charge on any atom is -0.384 e. The summed E-state index contributed by atoms with van der Waals surface area (Å²) < 4.78 is 0. The molecule has 2 rings (SSSR count). The minimum atomic E-state index is 0.391. The quantitative estimate of drug-likeness (QED) is 0.689. The topological polar surface area (TPSA) is 24.1 Å². The first kappa shape index (κ1) is 16.2. The zero-order valence-electron chi connectivity index (χ0n) is 12.1. The van der Waals surface area contributed by atoms with E-state index in [0.29, 0.717) is 16.1 Å². The van der Waals surface area contributed by atoms with Crippen molar-refractivity contribution in [2.24, 2.45) is 0 Å². The molecular formula is C17H20Cl2N2. The van der Waals surface area contributed by atoms with Gasteiger partial charge in [-0.1, -0.05) is 60.5 Å². The molecule has 2 aromatic rings. The lowest BCUT2D eigenvalue weighted by molar-refractivity contribution is 0.531. The second-order valence-electron chi connectivity index (χ2n) is 4.88. The Bertz CT molecular complexity index is 558. The van der Waals surface area contributed by atoms with E-state index in [4.69, 9.17) is 23.2 Å². The molecule has 21 heavy (non-hydrogen) atoms. The van der Waals surface area contributed by atoms with E-state index in [2.05, 4.69) is 41.8 Å². The fourth-order valence-electron chi connectivity index (χ4n) is 2.24.